The number of carbonyl (C=O) groups excluding carboxylic acids is 2. The number of piperidine rings is 1. The van der Waals surface area contributed by atoms with Crippen LogP contribution in [0, 0.1) is 11.3 Å². The number of ether oxygens (including phenoxy) is 2. The second-order valence-corrected chi connectivity index (χ2v) is 10.9. The van der Waals surface area contributed by atoms with E-state index in [-0.39, 0.29) is 23.8 Å². The van der Waals surface area contributed by atoms with Crippen molar-refractivity contribution >= 4 is 11.8 Å². The molecule has 2 aromatic carbocycles. The van der Waals surface area contributed by atoms with Crippen molar-refractivity contribution < 1.29 is 19.1 Å². The van der Waals surface area contributed by atoms with Gasteiger partial charge in [0.05, 0.1) is 23.6 Å². The van der Waals surface area contributed by atoms with Crippen LogP contribution in [0.15, 0.2) is 48.5 Å². The van der Waals surface area contributed by atoms with Crippen LogP contribution >= 0.6 is 0 Å². The van der Waals surface area contributed by atoms with Gasteiger partial charge in [0, 0.05) is 18.7 Å². The van der Waals surface area contributed by atoms with Gasteiger partial charge in [-0.05, 0) is 69.8 Å². The maximum atomic E-state index is 13.9. The Balaban J connectivity index is 1.47. The molecule has 0 saturated carbocycles. The molecule has 4 rings (SSSR count). The lowest BCUT2D eigenvalue weighted by molar-refractivity contribution is -0.136. The minimum Gasteiger partial charge on any atom is -0.494 e. The highest BCUT2D eigenvalue weighted by molar-refractivity contribution is 5.96. The standard InChI is InChI=1S/C31H43N3O4/c1-4-37-27-13-7-5-11-24(27)21-34-19-16-31(17-20-34)15-9-10-18-32-29(35)25-12-6-8-14-28(25)38-22-26(23(2)3)33-30(31)36/h5-8,11-14,23,26H,4,9-10,15-22H2,1-3H3,(H,32,35)(H,33,36)/t26-/m1/s1. The van der Waals surface area contributed by atoms with Crippen LogP contribution in [0.4, 0.5) is 0 Å². The zero-order valence-electron chi connectivity index (χ0n) is 23.1. The van der Waals surface area contributed by atoms with Gasteiger partial charge in [-0.1, -0.05) is 50.6 Å². The van der Waals surface area contributed by atoms with Gasteiger partial charge in [-0.2, -0.15) is 0 Å². The number of para-hydroxylation sites is 2. The Morgan fingerprint density at radius 3 is 2.53 bits per heavy atom. The molecule has 2 aliphatic rings. The highest BCUT2D eigenvalue weighted by Gasteiger charge is 2.42. The Bertz CT molecular complexity index is 1080. The number of hydrogen-bond donors (Lipinski definition) is 2. The summed E-state index contributed by atoms with van der Waals surface area (Å²) in [6, 6.07) is 15.4. The van der Waals surface area contributed by atoms with E-state index in [9.17, 15) is 9.59 Å². The van der Waals surface area contributed by atoms with Crippen molar-refractivity contribution in [2.24, 2.45) is 11.3 Å². The zero-order valence-corrected chi connectivity index (χ0v) is 23.1. The van der Waals surface area contributed by atoms with Gasteiger partial charge in [-0.25, -0.2) is 0 Å². The average Bonchev–Trinajstić information content (AvgIpc) is 2.92. The van der Waals surface area contributed by atoms with E-state index in [0.717, 1.165) is 57.5 Å². The number of rotatable bonds is 5. The number of nitrogens with one attached hydrogen (secondary N) is 2. The van der Waals surface area contributed by atoms with Gasteiger partial charge in [0.2, 0.25) is 5.91 Å². The summed E-state index contributed by atoms with van der Waals surface area (Å²) in [5.74, 6) is 1.72. The van der Waals surface area contributed by atoms with E-state index in [1.165, 1.54) is 5.56 Å². The second-order valence-electron chi connectivity index (χ2n) is 10.9. The van der Waals surface area contributed by atoms with Gasteiger partial charge in [0.1, 0.15) is 18.1 Å². The summed E-state index contributed by atoms with van der Waals surface area (Å²) < 4.78 is 12.0. The lowest BCUT2D eigenvalue weighted by atomic mass is 9.73. The first-order valence-corrected chi connectivity index (χ1v) is 14.2. The number of hydrogen-bond acceptors (Lipinski definition) is 5. The molecule has 1 fully saturated rings. The van der Waals surface area contributed by atoms with Crippen LogP contribution in [-0.2, 0) is 11.3 Å². The van der Waals surface area contributed by atoms with Crippen LogP contribution in [-0.4, -0.2) is 55.6 Å². The number of fused-ring (bicyclic) bond motifs is 1. The zero-order chi connectivity index (χ0) is 27.0. The highest BCUT2D eigenvalue weighted by Crippen LogP contribution is 2.38. The SMILES string of the molecule is CCOc1ccccc1CN1CCC2(CCCCNC(=O)c3ccccc3OC[C@H](C(C)C)NC2=O)CC1. The summed E-state index contributed by atoms with van der Waals surface area (Å²) in [4.78, 5) is 29.1. The van der Waals surface area contributed by atoms with Gasteiger partial charge in [0.25, 0.3) is 5.91 Å². The van der Waals surface area contributed by atoms with Crippen LogP contribution < -0.4 is 20.1 Å². The predicted molar refractivity (Wildman–Crippen MR) is 149 cm³/mol. The van der Waals surface area contributed by atoms with E-state index in [1.54, 1.807) is 6.07 Å². The molecule has 0 radical (unpaired) electrons. The molecule has 1 saturated heterocycles. The van der Waals surface area contributed by atoms with Crippen molar-refractivity contribution in [3.63, 3.8) is 0 Å². The fraction of sp³-hybridized carbons (Fsp3) is 0.548. The molecule has 2 heterocycles. The Morgan fingerprint density at radius 2 is 1.76 bits per heavy atom. The Labute approximate surface area is 227 Å². The molecule has 7 heteroatoms. The number of benzene rings is 2. The first-order chi connectivity index (χ1) is 18.4. The molecule has 38 heavy (non-hydrogen) atoms. The topological polar surface area (TPSA) is 79.9 Å². The average molecular weight is 522 g/mol. The van der Waals surface area contributed by atoms with Crippen molar-refractivity contribution in [3.8, 4) is 11.5 Å². The molecule has 1 spiro atoms. The Kier molecular flexibility index (Phi) is 9.67. The summed E-state index contributed by atoms with van der Waals surface area (Å²) in [7, 11) is 0. The molecule has 2 aromatic rings. The fourth-order valence-electron chi connectivity index (χ4n) is 5.47. The van der Waals surface area contributed by atoms with Crippen LogP contribution in [0.25, 0.3) is 0 Å². The van der Waals surface area contributed by atoms with Crippen LogP contribution in [0.3, 0.4) is 0 Å². The lowest BCUT2D eigenvalue weighted by Gasteiger charge is -2.42. The lowest BCUT2D eigenvalue weighted by Crippen LogP contribution is -2.53. The van der Waals surface area contributed by atoms with Gasteiger partial charge >= 0.3 is 0 Å². The summed E-state index contributed by atoms with van der Waals surface area (Å²) in [5.41, 5.74) is 1.32. The maximum absolute atomic E-state index is 13.9. The third-order valence-electron chi connectivity index (χ3n) is 8.00. The van der Waals surface area contributed by atoms with Crippen LogP contribution in [0.2, 0.25) is 0 Å². The van der Waals surface area contributed by atoms with Crippen molar-refractivity contribution in [3.05, 3.63) is 59.7 Å². The molecule has 7 nitrogen and oxygen atoms in total. The van der Waals surface area contributed by atoms with E-state index >= 15 is 0 Å². The smallest absolute Gasteiger partial charge is 0.255 e. The number of likely N-dealkylation sites (tertiary alicyclic amines) is 1. The Hall–Kier alpha value is -3.06. The molecule has 2 N–H and O–H groups in total. The summed E-state index contributed by atoms with van der Waals surface area (Å²) in [5, 5.41) is 6.40. The van der Waals surface area contributed by atoms with Crippen molar-refractivity contribution in [1.29, 1.82) is 0 Å². The molecule has 206 valence electrons. The first-order valence-electron chi connectivity index (χ1n) is 14.2. The van der Waals surface area contributed by atoms with Gasteiger partial charge < -0.3 is 20.1 Å². The van der Waals surface area contributed by atoms with E-state index in [1.807, 2.05) is 37.3 Å². The summed E-state index contributed by atoms with van der Waals surface area (Å²) >= 11 is 0. The number of carbonyl (C=O) groups is 2. The maximum Gasteiger partial charge on any atom is 0.255 e. The van der Waals surface area contributed by atoms with Gasteiger partial charge in [-0.3, -0.25) is 14.5 Å². The van der Waals surface area contributed by atoms with Crippen LogP contribution in [0.5, 0.6) is 11.5 Å². The second kappa shape index (κ2) is 13.1. The molecule has 2 aliphatic heterocycles. The summed E-state index contributed by atoms with van der Waals surface area (Å²) in [6.45, 7) is 10.3. The molecular formula is C31H43N3O4. The van der Waals surface area contributed by atoms with E-state index in [4.69, 9.17) is 9.47 Å². The molecule has 1 atom stereocenters. The van der Waals surface area contributed by atoms with E-state index in [0.29, 0.717) is 31.1 Å². The third-order valence-corrected chi connectivity index (χ3v) is 8.00. The summed E-state index contributed by atoms with van der Waals surface area (Å²) in [6.07, 6.45) is 4.18. The number of nitrogens with zero attached hydrogens (tertiary/aromatic N) is 1. The van der Waals surface area contributed by atoms with E-state index < -0.39 is 5.41 Å². The molecule has 0 bridgehead atoms. The van der Waals surface area contributed by atoms with Crippen molar-refractivity contribution in [2.45, 2.75) is 65.5 Å². The molecule has 0 aromatic heterocycles. The monoisotopic (exact) mass is 521 g/mol. The Morgan fingerprint density at radius 1 is 1.03 bits per heavy atom. The quantitative estimate of drug-likeness (QED) is 0.591. The fourth-order valence-corrected chi connectivity index (χ4v) is 5.47. The first kappa shape index (κ1) is 28.0. The molecular weight excluding hydrogens is 478 g/mol. The van der Waals surface area contributed by atoms with Gasteiger partial charge in [-0.15, -0.1) is 0 Å². The van der Waals surface area contributed by atoms with Crippen molar-refractivity contribution in [2.75, 3.05) is 32.8 Å². The largest absolute Gasteiger partial charge is 0.494 e. The molecule has 0 aliphatic carbocycles. The predicted octanol–water partition coefficient (Wildman–Crippen LogP) is 4.80. The normalized spacial score (nSPS) is 21.1. The minimum absolute atomic E-state index is 0.113. The highest BCUT2D eigenvalue weighted by atomic mass is 16.5. The van der Waals surface area contributed by atoms with E-state index in [2.05, 4.69) is 41.5 Å². The molecule has 0 unspecified atom stereocenters. The third kappa shape index (κ3) is 6.87. The van der Waals surface area contributed by atoms with Gasteiger partial charge in [0.15, 0.2) is 0 Å². The van der Waals surface area contributed by atoms with Crippen LogP contribution in [0.1, 0.15) is 68.8 Å². The van der Waals surface area contributed by atoms with Crippen molar-refractivity contribution in [1.82, 2.24) is 15.5 Å². The minimum atomic E-state index is -0.408. The number of amides is 2. The molecule has 2 amide bonds.